The van der Waals surface area contributed by atoms with Crippen molar-refractivity contribution in [1.29, 1.82) is 0 Å². The molecule has 2 aromatic heterocycles. The SMILES string of the molecule is c1ccc2c(c1)nnn2Cc1ccc(-c2nnc(C3CCCC3)o2)cc1. The smallest absolute Gasteiger partial charge is 0.247 e. The van der Waals surface area contributed by atoms with Crippen molar-refractivity contribution in [1.82, 2.24) is 25.2 Å². The Hall–Kier alpha value is -3.02. The van der Waals surface area contributed by atoms with Gasteiger partial charge in [0.25, 0.3) is 0 Å². The zero-order valence-electron chi connectivity index (χ0n) is 14.4. The van der Waals surface area contributed by atoms with Crippen LogP contribution >= 0.6 is 0 Å². The number of para-hydroxylation sites is 1. The molecule has 0 radical (unpaired) electrons. The van der Waals surface area contributed by atoms with Gasteiger partial charge in [0, 0.05) is 11.5 Å². The third-order valence-corrected chi connectivity index (χ3v) is 5.10. The summed E-state index contributed by atoms with van der Waals surface area (Å²) in [5, 5.41) is 16.9. The van der Waals surface area contributed by atoms with Gasteiger partial charge in [-0.15, -0.1) is 15.3 Å². The predicted molar refractivity (Wildman–Crippen MR) is 97.6 cm³/mol. The lowest BCUT2D eigenvalue weighted by molar-refractivity contribution is 0.457. The highest BCUT2D eigenvalue weighted by molar-refractivity contribution is 5.73. The van der Waals surface area contributed by atoms with Crippen molar-refractivity contribution >= 4 is 11.0 Å². The highest BCUT2D eigenvalue weighted by atomic mass is 16.4. The van der Waals surface area contributed by atoms with Gasteiger partial charge in [-0.25, -0.2) is 4.68 Å². The van der Waals surface area contributed by atoms with Crippen molar-refractivity contribution in [3.05, 3.63) is 60.0 Å². The van der Waals surface area contributed by atoms with E-state index in [2.05, 4.69) is 32.6 Å². The monoisotopic (exact) mass is 345 g/mol. The highest BCUT2D eigenvalue weighted by Gasteiger charge is 2.23. The maximum Gasteiger partial charge on any atom is 0.247 e. The van der Waals surface area contributed by atoms with Crippen molar-refractivity contribution in [2.75, 3.05) is 0 Å². The number of hydrogen-bond donors (Lipinski definition) is 0. The van der Waals surface area contributed by atoms with E-state index in [0.29, 0.717) is 18.4 Å². The normalized spacial score (nSPS) is 15.1. The lowest BCUT2D eigenvalue weighted by Gasteiger charge is -2.04. The highest BCUT2D eigenvalue weighted by Crippen LogP contribution is 2.34. The lowest BCUT2D eigenvalue weighted by atomic mass is 10.1. The fourth-order valence-electron chi connectivity index (χ4n) is 3.65. The Morgan fingerprint density at radius 2 is 1.73 bits per heavy atom. The van der Waals surface area contributed by atoms with Crippen LogP contribution in [0.25, 0.3) is 22.5 Å². The molecule has 4 aromatic rings. The fraction of sp³-hybridized carbons (Fsp3) is 0.300. The van der Waals surface area contributed by atoms with Crippen LogP contribution in [-0.2, 0) is 6.54 Å². The van der Waals surface area contributed by atoms with Crippen LogP contribution in [0.5, 0.6) is 0 Å². The summed E-state index contributed by atoms with van der Waals surface area (Å²) < 4.78 is 7.82. The van der Waals surface area contributed by atoms with E-state index in [-0.39, 0.29) is 0 Å². The third-order valence-electron chi connectivity index (χ3n) is 5.10. The molecular formula is C20H19N5O. The van der Waals surface area contributed by atoms with Crippen LogP contribution in [0, 0.1) is 0 Å². The number of fused-ring (bicyclic) bond motifs is 1. The van der Waals surface area contributed by atoms with Gasteiger partial charge in [0.2, 0.25) is 11.8 Å². The van der Waals surface area contributed by atoms with Gasteiger partial charge in [0.05, 0.1) is 12.1 Å². The molecule has 2 heterocycles. The van der Waals surface area contributed by atoms with Gasteiger partial charge in [0.1, 0.15) is 5.52 Å². The van der Waals surface area contributed by atoms with E-state index in [0.717, 1.165) is 40.9 Å². The number of benzene rings is 2. The Morgan fingerprint density at radius 1 is 0.923 bits per heavy atom. The first-order valence-corrected chi connectivity index (χ1v) is 9.08. The van der Waals surface area contributed by atoms with Gasteiger partial charge in [-0.05, 0) is 42.7 Å². The molecule has 130 valence electrons. The van der Waals surface area contributed by atoms with Crippen molar-refractivity contribution in [3.8, 4) is 11.5 Å². The Labute approximate surface area is 150 Å². The van der Waals surface area contributed by atoms with Crippen LogP contribution in [0.15, 0.2) is 52.9 Å². The molecule has 1 aliphatic carbocycles. The molecule has 6 nitrogen and oxygen atoms in total. The average molecular weight is 345 g/mol. The molecular weight excluding hydrogens is 326 g/mol. The molecule has 1 saturated carbocycles. The zero-order valence-corrected chi connectivity index (χ0v) is 14.4. The molecule has 0 aliphatic heterocycles. The topological polar surface area (TPSA) is 69.6 Å². The largest absolute Gasteiger partial charge is 0.420 e. The Balaban J connectivity index is 1.35. The number of aromatic nitrogens is 5. The fourth-order valence-corrected chi connectivity index (χ4v) is 3.65. The average Bonchev–Trinajstić information content (AvgIpc) is 3.43. The molecule has 0 bridgehead atoms. The summed E-state index contributed by atoms with van der Waals surface area (Å²) in [7, 11) is 0. The maximum absolute atomic E-state index is 5.91. The van der Waals surface area contributed by atoms with Crippen molar-refractivity contribution < 1.29 is 4.42 Å². The van der Waals surface area contributed by atoms with Crippen LogP contribution < -0.4 is 0 Å². The second kappa shape index (κ2) is 6.37. The van der Waals surface area contributed by atoms with Gasteiger partial charge < -0.3 is 4.42 Å². The predicted octanol–water partition coefficient (Wildman–Crippen LogP) is 4.19. The minimum Gasteiger partial charge on any atom is -0.420 e. The van der Waals surface area contributed by atoms with Crippen LogP contribution in [0.2, 0.25) is 0 Å². The second-order valence-corrected chi connectivity index (χ2v) is 6.86. The molecule has 0 unspecified atom stereocenters. The molecule has 0 spiro atoms. The number of nitrogens with zero attached hydrogens (tertiary/aromatic N) is 5. The number of rotatable bonds is 4. The summed E-state index contributed by atoms with van der Waals surface area (Å²) in [6.45, 7) is 0.679. The molecule has 26 heavy (non-hydrogen) atoms. The van der Waals surface area contributed by atoms with Gasteiger partial charge in [-0.1, -0.05) is 42.3 Å². The van der Waals surface area contributed by atoms with E-state index >= 15 is 0 Å². The first-order chi connectivity index (χ1) is 12.9. The Kier molecular flexibility index (Phi) is 3.74. The summed E-state index contributed by atoms with van der Waals surface area (Å²) >= 11 is 0. The first kappa shape index (κ1) is 15.3. The van der Waals surface area contributed by atoms with E-state index in [1.807, 2.05) is 41.1 Å². The first-order valence-electron chi connectivity index (χ1n) is 9.08. The van der Waals surface area contributed by atoms with E-state index in [9.17, 15) is 0 Å². The summed E-state index contributed by atoms with van der Waals surface area (Å²) in [6.07, 6.45) is 4.83. The summed E-state index contributed by atoms with van der Waals surface area (Å²) in [5.41, 5.74) is 4.05. The van der Waals surface area contributed by atoms with E-state index in [1.54, 1.807) is 0 Å². The standard InChI is InChI=1S/C20H19N5O/c1-2-6-15(5-1)19-22-23-20(26-19)16-11-9-14(10-12-16)13-25-18-8-4-3-7-17(18)21-24-25/h3-4,7-12,15H,1-2,5-6,13H2. The molecule has 1 aliphatic rings. The second-order valence-electron chi connectivity index (χ2n) is 6.86. The van der Waals surface area contributed by atoms with Gasteiger partial charge in [0.15, 0.2) is 0 Å². The van der Waals surface area contributed by atoms with Gasteiger partial charge >= 0.3 is 0 Å². The maximum atomic E-state index is 5.91. The van der Waals surface area contributed by atoms with Crippen molar-refractivity contribution in [3.63, 3.8) is 0 Å². The Morgan fingerprint density at radius 3 is 2.58 bits per heavy atom. The third kappa shape index (κ3) is 2.77. The lowest BCUT2D eigenvalue weighted by Crippen LogP contribution is -2.01. The van der Waals surface area contributed by atoms with Gasteiger partial charge in [-0.3, -0.25) is 0 Å². The molecule has 5 rings (SSSR count). The minimum absolute atomic E-state index is 0.441. The van der Waals surface area contributed by atoms with Gasteiger partial charge in [-0.2, -0.15) is 0 Å². The van der Waals surface area contributed by atoms with E-state index in [1.165, 1.54) is 12.8 Å². The molecule has 0 saturated heterocycles. The van der Waals surface area contributed by atoms with Crippen LogP contribution in [-0.4, -0.2) is 25.2 Å². The van der Waals surface area contributed by atoms with Crippen LogP contribution in [0.1, 0.15) is 43.1 Å². The minimum atomic E-state index is 0.441. The summed E-state index contributed by atoms with van der Waals surface area (Å²) in [4.78, 5) is 0. The van der Waals surface area contributed by atoms with E-state index < -0.39 is 0 Å². The van der Waals surface area contributed by atoms with Crippen LogP contribution in [0.3, 0.4) is 0 Å². The summed E-state index contributed by atoms with van der Waals surface area (Å²) in [6, 6.07) is 16.2. The molecule has 6 heteroatoms. The summed E-state index contributed by atoms with van der Waals surface area (Å²) in [5.74, 6) is 1.83. The molecule has 0 amide bonds. The number of hydrogen-bond acceptors (Lipinski definition) is 5. The molecule has 0 atom stereocenters. The van der Waals surface area contributed by atoms with Crippen molar-refractivity contribution in [2.24, 2.45) is 0 Å². The quantitative estimate of drug-likeness (QED) is 0.555. The molecule has 0 N–H and O–H groups in total. The van der Waals surface area contributed by atoms with Crippen LogP contribution in [0.4, 0.5) is 0 Å². The Bertz CT molecular complexity index is 1030. The molecule has 1 fully saturated rings. The van der Waals surface area contributed by atoms with E-state index in [4.69, 9.17) is 4.42 Å². The van der Waals surface area contributed by atoms with Crippen molar-refractivity contribution in [2.45, 2.75) is 38.1 Å². The molecule has 2 aromatic carbocycles. The zero-order chi connectivity index (χ0) is 17.3.